The fraction of sp³-hybridized carbons (Fsp3) is 0.462. The molecule has 2 rings (SSSR count). The van der Waals surface area contributed by atoms with Gasteiger partial charge in [-0.15, -0.1) is 11.3 Å². The summed E-state index contributed by atoms with van der Waals surface area (Å²) in [5, 5.41) is 17.3. The van der Waals surface area contributed by atoms with Gasteiger partial charge in [-0.2, -0.15) is 11.3 Å². The molecule has 0 radical (unpaired) electrons. The van der Waals surface area contributed by atoms with Gasteiger partial charge in [0.05, 0.1) is 10.7 Å². The summed E-state index contributed by atoms with van der Waals surface area (Å²) >= 11 is 3.29. The lowest BCUT2D eigenvalue weighted by Crippen LogP contribution is -2.11. The van der Waals surface area contributed by atoms with Crippen LogP contribution in [0.25, 0.3) is 0 Å². The predicted molar refractivity (Wildman–Crippen MR) is 73.8 cm³/mol. The Labute approximate surface area is 110 Å². The highest BCUT2D eigenvalue weighted by molar-refractivity contribution is 7.09. The van der Waals surface area contributed by atoms with E-state index in [1.54, 1.807) is 22.7 Å². The van der Waals surface area contributed by atoms with E-state index in [0.29, 0.717) is 6.42 Å². The third-order valence-electron chi connectivity index (χ3n) is 2.51. The van der Waals surface area contributed by atoms with Crippen LogP contribution in [0, 0.1) is 0 Å². The quantitative estimate of drug-likeness (QED) is 0.918. The van der Waals surface area contributed by atoms with Crippen LogP contribution in [-0.4, -0.2) is 10.1 Å². The lowest BCUT2D eigenvalue weighted by Gasteiger charge is -2.14. The Hall–Kier alpha value is -0.710. The molecule has 0 saturated carbocycles. The zero-order valence-corrected chi connectivity index (χ0v) is 11.9. The molecule has 0 aliphatic heterocycles. The number of hydrogen-bond acceptors (Lipinski definition) is 4. The molecule has 1 unspecified atom stereocenters. The molecule has 2 nitrogen and oxygen atoms in total. The van der Waals surface area contributed by atoms with Crippen LogP contribution < -0.4 is 0 Å². The maximum absolute atomic E-state index is 10.1. The van der Waals surface area contributed by atoms with Crippen molar-refractivity contribution in [2.45, 2.75) is 38.7 Å². The monoisotopic (exact) mass is 267 g/mol. The summed E-state index contributed by atoms with van der Waals surface area (Å²) in [7, 11) is 0. The first-order chi connectivity index (χ1) is 7.97. The van der Waals surface area contributed by atoms with Crippen molar-refractivity contribution in [2.75, 3.05) is 0 Å². The number of thiazole rings is 1. The van der Waals surface area contributed by atoms with Crippen molar-refractivity contribution >= 4 is 22.7 Å². The second kappa shape index (κ2) is 4.88. The van der Waals surface area contributed by atoms with Crippen LogP contribution in [-0.2, 0) is 11.8 Å². The van der Waals surface area contributed by atoms with Gasteiger partial charge in [-0.3, -0.25) is 0 Å². The van der Waals surface area contributed by atoms with Crippen molar-refractivity contribution in [2.24, 2.45) is 0 Å². The number of thiophene rings is 1. The number of hydrogen-bond donors (Lipinski definition) is 1. The van der Waals surface area contributed by atoms with E-state index in [2.05, 4.69) is 31.1 Å². The van der Waals surface area contributed by atoms with Gasteiger partial charge in [-0.05, 0) is 22.4 Å². The minimum Gasteiger partial charge on any atom is -0.386 e. The zero-order chi connectivity index (χ0) is 12.5. The maximum atomic E-state index is 10.1. The molecular formula is C13H17NOS2. The molecule has 2 aromatic heterocycles. The maximum Gasteiger partial charge on any atom is 0.101 e. The van der Waals surface area contributed by atoms with E-state index in [0.717, 1.165) is 10.7 Å². The first-order valence-electron chi connectivity index (χ1n) is 5.62. The Morgan fingerprint density at radius 1 is 1.35 bits per heavy atom. The van der Waals surface area contributed by atoms with E-state index in [1.807, 2.05) is 16.8 Å². The number of aliphatic hydroxyl groups excluding tert-OH is 1. The van der Waals surface area contributed by atoms with Gasteiger partial charge in [-0.25, -0.2) is 4.98 Å². The molecule has 1 atom stereocenters. The second-order valence-corrected chi connectivity index (χ2v) is 6.82. The minimum atomic E-state index is -0.489. The Kier molecular flexibility index (Phi) is 3.66. The fourth-order valence-electron chi connectivity index (χ4n) is 1.52. The average Bonchev–Trinajstić information content (AvgIpc) is 2.85. The van der Waals surface area contributed by atoms with Crippen LogP contribution in [0.4, 0.5) is 0 Å². The third kappa shape index (κ3) is 3.15. The van der Waals surface area contributed by atoms with Crippen LogP contribution in [0.15, 0.2) is 22.2 Å². The third-order valence-corrected chi connectivity index (χ3v) is 4.53. The molecule has 0 spiro atoms. The Morgan fingerprint density at radius 3 is 2.65 bits per heavy atom. The summed E-state index contributed by atoms with van der Waals surface area (Å²) in [6, 6.07) is 2.05. The van der Waals surface area contributed by atoms with Gasteiger partial charge < -0.3 is 5.11 Å². The van der Waals surface area contributed by atoms with Crippen LogP contribution in [0.1, 0.15) is 43.1 Å². The van der Waals surface area contributed by atoms with Crippen molar-refractivity contribution < 1.29 is 5.11 Å². The van der Waals surface area contributed by atoms with Gasteiger partial charge in [0.1, 0.15) is 6.10 Å². The van der Waals surface area contributed by atoms with Crippen LogP contribution in [0.2, 0.25) is 0 Å². The highest BCUT2D eigenvalue weighted by Gasteiger charge is 2.20. The molecule has 0 fully saturated rings. The molecule has 0 saturated heterocycles. The van der Waals surface area contributed by atoms with Gasteiger partial charge in [0.25, 0.3) is 0 Å². The van der Waals surface area contributed by atoms with Gasteiger partial charge in [0.15, 0.2) is 0 Å². The molecule has 0 aromatic carbocycles. The van der Waals surface area contributed by atoms with Crippen LogP contribution >= 0.6 is 22.7 Å². The molecular weight excluding hydrogens is 250 g/mol. The molecule has 1 N–H and O–H groups in total. The topological polar surface area (TPSA) is 33.1 Å². The summed E-state index contributed by atoms with van der Waals surface area (Å²) in [6.07, 6.45) is 0.161. The molecule has 2 heterocycles. The molecule has 0 aliphatic rings. The van der Waals surface area contributed by atoms with Gasteiger partial charge in [0, 0.05) is 17.2 Å². The van der Waals surface area contributed by atoms with E-state index < -0.39 is 6.10 Å². The first-order valence-corrected chi connectivity index (χ1v) is 7.44. The number of aromatic nitrogens is 1. The smallest absolute Gasteiger partial charge is 0.101 e. The van der Waals surface area contributed by atoms with Crippen molar-refractivity contribution in [1.82, 2.24) is 4.98 Å². The van der Waals surface area contributed by atoms with Crippen LogP contribution in [0.5, 0.6) is 0 Å². The van der Waals surface area contributed by atoms with E-state index in [1.165, 1.54) is 5.56 Å². The standard InChI is InChI=1S/C13H17NOS2/c1-13(2,3)12-14-10(8-17-12)11(15)6-9-4-5-16-7-9/h4-5,7-8,11,15H,6H2,1-3H3. The fourth-order valence-corrected chi connectivity index (χ4v) is 3.16. The molecule has 0 aliphatic carbocycles. The molecule has 4 heteroatoms. The largest absolute Gasteiger partial charge is 0.386 e. The van der Waals surface area contributed by atoms with Crippen molar-refractivity contribution in [3.05, 3.63) is 38.5 Å². The van der Waals surface area contributed by atoms with Gasteiger partial charge in [0.2, 0.25) is 0 Å². The number of nitrogens with zero attached hydrogens (tertiary/aromatic N) is 1. The summed E-state index contributed by atoms with van der Waals surface area (Å²) in [4.78, 5) is 4.53. The van der Waals surface area contributed by atoms with E-state index in [-0.39, 0.29) is 5.41 Å². The van der Waals surface area contributed by atoms with E-state index in [4.69, 9.17) is 0 Å². The highest BCUT2D eigenvalue weighted by Crippen LogP contribution is 2.28. The lowest BCUT2D eigenvalue weighted by atomic mass is 9.98. The van der Waals surface area contributed by atoms with Gasteiger partial charge in [-0.1, -0.05) is 20.8 Å². The molecule has 17 heavy (non-hydrogen) atoms. The molecule has 2 aromatic rings. The highest BCUT2D eigenvalue weighted by atomic mass is 32.1. The summed E-state index contributed by atoms with van der Waals surface area (Å²) in [6.45, 7) is 6.42. The number of rotatable bonds is 3. The predicted octanol–water partition coefficient (Wildman–Crippen LogP) is 3.78. The second-order valence-electron chi connectivity index (χ2n) is 5.18. The van der Waals surface area contributed by atoms with E-state index in [9.17, 15) is 5.11 Å². The number of aliphatic hydroxyl groups is 1. The van der Waals surface area contributed by atoms with Crippen molar-refractivity contribution in [3.8, 4) is 0 Å². The van der Waals surface area contributed by atoms with Crippen molar-refractivity contribution in [3.63, 3.8) is 0 Å². The molecule has 92 valence electrons. The van der Waals surface area contributed by atoms with Gasteiger partial charge >= 0.3 is 0 Å². The molecule has 0 amide bonds. The first kappa shape index (κ1) is 12.7. The normalized spacial score (nSPS) is 13.9. The summed E-state index contributed by atoms with van der Waals surface area (Å²) < 4.78 is 0. The minimum absolute atomic E-state index is 0.0605. The SMILES string of the molecule is CC(C)(C)c1nc(C(O)Cc2ccsc2)cs1. The summed E-state index contributed by atoms with van der Waals surface area (Å²) in [5.41, 5.74) is 2.03. The Balaban J connectivity index is 2.10. The Morgan fingerprint density at radius 2 is 2.12 bits per heavy atom. The van der Waals surface area contributed by atoms with Crippen molar-refractivity contribution in [1.29, 1.82) is 0 Å². The Bertz CT molecular complexity index is 468. The molecule has 0 bridgehead atoms. The summed E-state index contributed by atoms with van der Waals surface area (Å²) in [5.74, 6) is 0. The zero-order valence-electron chi connectivity index (χ0n) is 10.3. The van der Waals surface area contributed by atoms with Crippen LogP contribution in [0.3, 0.4) is 0 Å². The average molecular weight is 267 g/mol. The lowest BCUT2D eigenvalue weighted by molar-refractivity contribution is 0.174. The van der Waals surface area contributed by atoms with E-state index >= 15 is 0 Å².